The van der Waals surface area contributed by atoms with Gasteiger partial charge in [0.2, 0.25) is 29.1 Å². The summed E-state index contributed by atoms with van der Waals surface area (Å²) < 4.78 is 79.6. The van der Waals surface area contributed by atoms with Gasteiger partial charge in [0.1, 0.15) is 13.2 Å². The zero-order chi connectivity index (χ0) is 20.4. The number of carbonyl (C=O) groups excluding carboxylic acids is 2. The Morgan fingerprint density at radius 1 is 0.704 bits per heavy atom. The summed E-state index contributed by atoms with van der Waals surface area (Å²) in [7, 11) is 0. The highest BCUT2D eigenvalue weighted by atomic mass is 19.2. The second kappa shape index (κ2) is 11.3. The lowest BCUT2D eigenvalue weighted by Gasteiger charge is -2.10. The molecule has 0 fully saturated rings. The molecule has 0 aromatic heterocycles. The van der Waals surface area contributed by atoms with Crippen molar-refractivity contribution >= 4 is 11.9 Å². The smallest absolute Gasteiger partial charge is 0.305 e. The van der Waals surface area contributed by atoms with Crippen LogP contribution in [0.15, 0.2) is 0 Å². The number of unbranched alkanes of at least 4 members (excludes halogenated alkanes) is 1. The van der Waals surface area contributed by atoms with E-state index >= 15 is 0 Å². The molecule has 0 saturated carbocycles. The number of hydrogen-bond donors (Lipinski definition) is 0. The summed E-state index contributed by atoms with van der Waals surface area (Å²) in [6, 6.07) is 0. The molecule has 1 aromatic rings. The van der Waals surface area contributed by atoms with Gasteiger partial charge in [-0.05, 0) is 12.8 Å². The largest absolute Gasteiger partial charge is 0.484 e. The summed E-state index contributed by atoms with van der Waals surface area (Å²) in [4.78, 5) is 22.7. The molecule has 0 amide bonds. The van der Waals surface area contributed by atoms with Gasteiger partial charge in [-0.15, -0.1) is 0 Å². The normalized spacial score (nSPS) is 10.6. The SMILES string of the molecule is CCCCOC(=O)CCCC(=O)OCCOc1c(F)c(F)c(F)c(F)c1F. The van der Waals surface area contributed by atoms with Gasteiger partial charge in [0.05, 0.1) is 6.61 Å². The molecule has 152 valence electrons. The number of carbonyl (C=O) groups is 2. The van der Waals surface area contributed by atoms with Gasteiger partial charge in [-0.3, -0.25) is 9.59 Å². The maximum absolute atomic E-state index is 13.3. The van der Waals surface area contributed by atoms with Crippen LogP contribution in [0.2, 0.25) is 0 Å². The Hall–Kier alpha value is -2.39. The van der Waals surface area contributed by atoms with Crippen LogP contribution >= 0.6 is 0 Å². The Morgan fingerprint density at radius 2 is 1.19 bits per heavy atom. The number of ether oxygens (including phenoxy) is 3. The molecule has 0 aliphatic heterocycles. The Kier molecular flexibility index (Phi) is 9.52. The fourth-order valence-corrected chi connectivity index (χ4v) is 1.86. The van der Waals surface area contributed by atoms with Crippen LogP contribution in [0, 0.1) is 29.1 Å². The third-order valence-corrected chi connectivity index (χ3v) is 3.29. The molecule has 0 spiro atoms. The second-order valence-corrected chi connectivity index (χ2v) is 5.40. The van der Waals surface area contributed by atoms with Gasteiger partial charge in [-0.2, -0.15) is 8.78 Å². The molecule has 27 heavy (non-hydrogen) atoms. The molecule has 10 heteroatoms. The van der Waals surface area contributed by atoms with Crippen LogP contribution in [-0.2, 0) is 19.1 Å². The van der Waals surface area contributed by atoms with Crippen LogP contribution in [0.1, 0.15) is 39.0 Å². The van der Waals surface area contributed by atoms with Crippen molar-refractivity contribution in [2.24, 2.45) is 0 Å². The summed E-state index contributed by atoms with van der Waals surface area (Å²) in [5.74, 6) is -13.4. The van der Waals surface area contributed by atoms with Crippen LogP contribution in [0.4, 0.5) is 22.0 Å². The Morgan fingerprint density at radius 3 is 1.70 bits per heavy atom. The van der Waals surface area contributed by atoms with Crippen LogP contribution in [0.5, 0.6) is 5.75 Å². The summed E-state index contributed by atoms with van der Waals surface area (Å²) in [6.45, 7) is 1.16. The first kappa shape index (κ1) is 22.7. The standard InChI is InChI=1S/C17H19F5O5/c1-2-3-7-25-10(23)5-4-6-11(24)26-8-9-27-17-15(21)13(19)12(18)14(20)16(17)22/h2-9H2,1H3. The third-order valence-electron chi connectivity index (χ3n) is 3.29. The van der Waals surface area contributed by atoms with E-state index in [0.717, 1.165) is 12.8 Å². The Labute approximate surface area is 152 Å². The predicted octanol–water partition coefficient (Wildman–Crippen LogP) is 3.82. The molecule has 0 bridgehead atoms. The minimum absolute atomic E-state index is 0.0276. The predicted molar refractivity (Wildman–Crippen MR) is 82.4 cm³/mol. The van der Waals surface area contributed by atoms with Gasteiger partial charge < -0.3 is 14.2 Å². The molecule has 0 saturated heterocycles. The average molecular weight is 398 g/mol. The lowest BCUT2D eigenvalue weighted by Crippen LogP contribution is -2.15. The molecule has 0 aliphatic carbocycles. The molecule has 1 aromatic carbocycles. The number of esters is 2. The number of benzene rings is 1. The van der Waals surface area contributed by atoms with Crippen molar-refractivity contribution < 1.29 is 45.8 Å². The molecular formula is C17H19F5O5. The van der Waals surface area contributed by atoms with E-state index in [9.17, 15) is 31.5 Å². The zero-order valence-corrected chi connectivity index (χ0v) is 14.6. The van der Waals surface area contributed by atoms with Gasteiger partial charge in [0.15, 0.2) is 5.75 Å². The topological polar surface area (TPSA) is 61.8 Å². The Balaban J connectivity index is 2.31. The van der Waals surface area contributed by atoms with E-state index in [-0.39, 0.29) is 19.3 Å². The van der Waals surface area contributed by atoms with Gasteiger partial charge in [-0.25, -0.2) is 13.2 Å². The summed E-state index contributed by atoms with van der Waals surface area (Å²) in [6.07, 6.45) is 1.73. The molecule has 5 nitrogen and oxygen atoms in total. The fourth-order valence-electron chi connectivity index (χ4n) is 1.86. The van der Waals surface area contributed by atoms with Crippen molar-refractivity contribution in [2.45, 2.75) is 39.0 Å². The third kappa shape index (κ3) is 7.03. The summed E-state index contributed by atoms with van der Waals surface area (Å²) in [5.41, 5.74) is 0. The monoisotopic (exact) mass is 398 g/mol. The van der Waals surface area contributed by atoms with E-state index in [2.05, 4.69) is 9.47 Å². The van der Waals surface area contributed by atoms with E-state index in [0.29, 0.717) is 6.61 Å². The van der Waals surface area contributed by atoms with Crippen molar-refractivity contribution in [3.63, 3.8) is 0 Å². The quantitative estimate of drug-likeness (QED) is 0.186. The molecule has 0 atom stereocenters. The van der Waals surface area contributed by atoms with Gasteiger partial charge in [0.25, 0.3) is 0 Å². The van der Waals surface area contributed by atoms with Crippen LogP contribution < -0.4 is 4.74 Å². The molecule has 0 aliphatic rings. The second-order valence-electron chi connectivity index (χ2n) is 5.40. The lowest BCUT2D eigenvalue weighted by atomic mass is 10.2. The highest BCUT2D eigenvalue weighted by molar-refractivity contribution is 5.72. The molecule has 1 rings (SSSR count). The van der Waals surface area contributed by atoms with Crippen molar-refractivity contribution in [3.05, 3.63) is 29.1 Å². The first-order valence-electron chi connectivity index (χ1n) is 8.25. The molecule has 0 N–H and O–H groups in total. The first-order chi connectivity index (χ1) is 12.8. The van der Waals surface area contributed by atoms with Gasteiger partial charge >= 0.3 is 11.9 Å². The van der Waals surface area contributed by atoms with Crippen LogP contribution in [0.3, 0.4) is 0 Å². The summed E-state index contributed by atoms with van der Waals surface area (Å²) in [5, 5.41) is 0. The average Bonchev–Trinajstić information content (AvgIpc) is 2.64. The minimum Gasteiger partial charge on any atom is -0.484 e. The maximum atomic E-state index is 13.3. The van der Waals surface area contributed by atoms with E-state index in [1.54, 1.807) is 0 Å². The zero-order valence-electron chi connectivity index (χ0n) is 14.6. The minimum atomic E-state index is -2.29. The highest BCUT2D eigenvalue weighted by Gasteiger charge is 2.27. The van der Waals surface area contributed by atoms with Gasteiger partial charge in [-0.1, -0.05) is 13.3 Å². The number of halogens is 5. The molecule has 0 unspecified atom stereocenters. The van der Waals surface area contributed by atoms with Crippen molar-refractivity contribution in [1.29, 1.82) is 0 Å². The van der Waals surface area contributed by atoms with E-state index in [1.807, 2.05) is 6.92 Å². The van der Waals surface area contributed by atoms with Gasteiger partial charge in [0, 0.05) is 12.8 Å². The molecular weight excluding hydrogens is 379 g/mol. The van der Waals surface area contributed by atoms with Crippen molar-refractivity contribution in [3.8, 4) is 5.75 Å². The van der Waals surface area contributed by atoms with E-state index in [4.69, 9.17) is 4.74 Å². The Bertz CT molecular complexity index is 637. The molecule has 0 heterocycles. The van der Waals surface area contributed by atoms with E-state index < -0.39 is 60.0 Å². The number of hydrogen-bond acceptors (Lipinski definition) is 5. The van der Waals surface area contributed by atoms with Crippen molar-refractivity contribution in [1.82, 2.24) is 0 Å². The lowest BCUT2D eigenvalue weighted by molar-refractivity contribution is -0.146. The van der Waals surface area contributed by atoms with E-state index in [1.165, 1.54) is 0 Å². The fraction of sp³-hybridized carbons (Fsp3) is 0.529. The highest BCUT2D eigenvalue weighted by Crippen LogP contribution is 2.28. The maximum Gasteiger partial charge on any atom is 0.305 e. The first-order valence-corrected chi connectivity index (χ1v) is 8.25. The molecule has 0 radical (unpaired) electrons. The van der Waals surface area contributed by atoms with Crippen LogP contribution in [0.25, 0.3) is 0 Å². The number of rotatable bonds is 11. The summed E-state index contributed by atoms with van der Waals surface area (Å²) >= 11 is 0. The van der Waals surface area contributed by atoms with Crippen molar-refractivity contribution in [2.75, 3.05) is 19.8 Å². The van der Waals surface area contributed by atoms with Crippen LogP contribution in [-0.4, -0.2) is 31.8 Å².